The van der Waals surface area contributed by atoms with Gasteiger partial charge in [-0.25, -0.2) is 0 Å². The maximum Gasteiger partial charge on any atom is 0.315 e. The number of nitrogens with zero attached hydrogens (tertiary/aromatic N) is 1. The lowest BCUT2D eigenvalue weighted by Crippen LogP contribution is -2.11. The first kappa shape index (κ1) is 16.6. The summed E-state index contributed by atoms with van der Waals surface area (Å²) in [6.07, 6.45) is 0. The maximum atomic E-state index is 11.4. The molecule has 0 saturated carbocycles. The van der Waals surface area contributed by atoms with Gasteiger partial charge in [0, 0.05) is 5.75 Å². The summed E-state index contributed by atoms with van der Waals surface area (Å²) in [6, 6.07) is 13.8. The lowest BCUT2D eigenvalue weighted by Gasteiger charge is -2.06. The highest BCUT2D eigenvalue weighted by molar-refractivity contribution is 8.00. The summed E-state index contributed by atoms with van der Waals surface area (Å²) in [6.45, 7) is 2.23. The number of carbonyl (C=O) groups excluding carboxylic acids is 1. The Morgan fingerprint density at radius 2 is 2.05 bits per heavy atom. The van der Waals surface area contributed by atoms with E-state index in [4.69, 9.17) is 4.74 Å². The number of hydrogen-bond donors (Lipinski definition) is 1. The van der Waals surface area contributed by atoms with Gasteiger partial charge in [-0.05, 0) is 30.5 Å². The first-order valence-electron chi connectivity index (χ1n) is 6.94. The van der Waals surface area contributed by atoms with E-state index in [1.807, 2.05) is 54.8 Å². The number of carbonyl (C=O) groups is 1. The van der Waals surface area contributed by atoms with Crippen LogP contribution < -0.4 is 5.43 Å². The van der Waals surface area contributed by atoms with Gasteiger partial charge in [0.15, 0.2) is 0 Å². The standard InChI is InChI=1S/C16H18N2O2S2/c1-2-20-16(19)12-21-11-14(15-9-6-10-22-15)18-17-13-7-4-3-5-8-13/h3-10,17H,2,11-12H2,1H3. The quantitative estimate of drug-likeness (QED) is 0.452. The predicted molar refractivity (Wildman–Crippen MR) is 94.9 cm³/mol. The van der Waals surface area contributed by atoms with Crippen LogP contribution in [0.15, 0.2) is 52.9 Å². The van der Waals surface area contributed by atoms with E-state index in [0.29, 0.717) is 18.1 Å². The molecule has 0 spiro atoms. The highest BCUT2D eigenvalue weighted by Gasteiger charge is 2.08. The smallest absolute Gasteiger partial charge is 0.315 e. The van der Waals surface area contributed by atoms with Gasteiger partial charge < -0.3 is 4.74 Å². The van der Waals surface area contributed by atoms with Gasteiger partial charge in [0.25, 0.3) is 0 Å². The van der Waals surface area contributed by atoms with Gasteiger partial charge in [-0.2, -0.15) is 5.10 Å². The summed E-state index contributed by atoms with van der Waals surface area (Å²) in [5.41, 5.74) is 4.92. The molecule has 2 aromatic rings. The normalized spacial score (nSPS) is 11.2. The SMILES string of the molecule is CCOC(=O)CSCC(=NNc1ccccc1)c1cccs1. The third-order valence-electron chi connectivity index (χ3n) is 2.66. The predicted octanol–water partition coefficient (Wildman–Crippen LogP) is 3.86. The van der Waals surface area contributed by atoms with Crippen molar-refractivity contribution < 1.29 is 9.53 Å². The Bertz CT molecular complexity index is 598. The van der Waals surface area contributed by atoms with Crippen LogP contribution in [0.3, 0.4) is 0 Å². The molecule has 0 aliphatic heterocycles. The molecule has 1 aromatic carbocycles. The summed E-state index contributed by atoms with van der Waals surface area (Å²) in [5, 5.41) is 6.50. The molecule has 0 unspecified atom stereocenters. The molecule has 1 heterocycles. The molecule has 22 heavy (non-hydrogen) atoms. The molecule has 0 aliphatic carbocycles. The van der Waals surface area contributed by atoms with Gasteiger partial charge in [-0.15, -0.1) is 23.1 Å². The van der Waals surface area contributed by atoms with Gasteiger partial charge >= 0.3 is 5.97 Å². The topological polar surface area (TPSA) is 50.7 Å². The lowest BCUT2D eigenvalue weighted by atomic mass is 10.3. The highest BCUT2D eigenvalue weighted by atomic mass is 32.2. The van der Waals surface area contributed by atoms with Crippen molar-refractivity contribution in [3.8, 4) is 0 Å². The Labute approximate surface area is 138 Å². The lowest BCUT2D eigenvalue weighted by molar-refractivity contribution is -0.139. The third-order valence-corrected chi connectivity index (χ3v) is 4.50. The van der Waals surface area contributed by atoms with Crippen LogP contribution in [0.2, 0.25) is 0 Å². The van der Waals surface area contributed by atoms with Crippen LogP contribution in [0.25, 0.3) is 0 Å². The summed E-state index contributed by atoms with van der Waals surface area (Å²) >= 11 is 3.14. The van der Waals surface area contributed by atoms with Crippen molar-refractivity contribution in [2.45, 2.75) is 6.92 Å². The number of hydrazone groups is 1. The minimum absolute atomic E-state index is 0.186. The molecular formula is C16H18N2O2S2. The van der Waals surface area contributed by atoms with Crippen LogP contribution in [-0.4, -0.2) is 29.8 Å². The van der Waals surface area contributed by atoms with Crippen molar-refractivity contribution in [2.75, 3.05) is 23.5 Å². The number of rotatable bonds is 8. The van der Waals surface area contributed by atoms with E-state index in [1.54, 1.807) is 11.3 Å². The molecule has 0 radical (unpaired) electrons. The van der Waals surface area contributed by atoms with E-state index >= 15 is 0 Å². The van der Waals surface area contributed by atoms with Crippen LogP contribution >= 0.6 is 23.1 Å². The van der Waals surface area contributed by atoms with Crippen molar-refractivity contribution in [2.24, 2.45) is 5.10 Å². The fraction of sp³-hybridized carbons (Fsp3) is 0.250. The average Bonchev–Trinajstić information content (AvgIpc) is 3.06. The molecule has 116 valence electrons. The monoisotopic (exact) mass is 334 g/mol. The number of thioether (sulfide) groups is 1. The number of thiophene rings is 1. The molecule has 0 bridgehead atoms. The fourth-order valence-electron chi connectivity index (χ4n) is 1.68. The van der Waals surface area contributed by atoms with Crippen LogP contribution in [0.4, 0.5) is 5.69 Å². The van der Waals surface area contributed by atoms with Crippen molar-refractivity contribution >= 4 is 40.5 Å². The number of nitrogens with one attached hydrogen (secondary N) is 1. The van der Waals surface area contributed by atoms with E-state index < -0.39 is 0 Å². The number of anilines is 1. The van der Waals surface area contributed by atoms with Crippen LogP contribution in [0.1, 0.15) is 11.8 Å². The van der Waals surface area contributed by atoms with Crippen LogP contribution in [-0.2, 0) is 9.53 Å². The van der Waals surface area contributed by atoms with Crippen molar-refractivity contribution in [1.29, 1.82) is 0 Å². The number of benzene rings is 1. The largest absolute Gasteiger partial charge is 0.465 e. The second-order valence-electron chi connectivity index (χ2n) is 4.31. The zero-order chi connectivity index (χ0) is 15.6. The molecule has 1 N–H and O–H groups in total. The van der Waals surface area contributed by atoms with Crippen molar-refractivity contribution in [3.63, 3.8) is 0 Å². The maximum absolute atomic E-state index is 11.4. The molecule has 6 heteroatoms. The molecule has 4 nitrogen and oxygen atoms in total. The van der Waals surface area contributed by atoms with Gasteiger partial charge in [0.1, 0.15) is 0 Å². The molecule has 0 saturated heterocycles. The van der Waals surface area contributed by atoms with Gasteiger partial charge in [0.05, 0.1) is 28.6 Å². The zero-order valence-electron chi connectivity index (χ0n) is 12.3. The first-order chi connectivity index (χ1) is 10.8. The number of ether oxygens (including phenoxy) is 1. The molecule has 0 amide bonds. The molecule has 0 atom stereocenters. The van der Waals surface area contributed by atoms with Crippen molar-refractivity contribution in [3.05, 3.63) is 52.7 Å². The average molecular weight is 334 g/mol. The zero-order valence-corrected chi connectivity index (χ0v) is 14.0. The molecular weight excluding hydrogens is 316 g/mol. The van der Waals surface area contributed by atoms with Crippen LogP contribution in [0, 0.1) is 0 Å². The van der Waals surface area contributed by atoms with E-state index in [0.717, 1.165) is 16.3 Å². The Hall–Kier alpha value is -1.79. The molecule has 1 aromatic heterocycles. The minimum atomic E-state index is -0.186. The summed E-state index contributed by atoms with van der Waals surface area (Å²) in [4.78, 5) is 12.5. The van der Waals surface area contributed by atoms with E-state index in [2.05, 4.69) is 10.5 Å². The van der Waals surface area contributed by atoms with Gasteiger partial charge in [-0.1, -0.05) is 24.3 Å². The Morgan fingerprint density at radius 3 is 2.73 bits per heavy atom. The summed E-state index contributed by atoms with van der Waals surface area (Å²) < 4.78 is 4.93. The fourth-order valence-corrected chi connectivity index (χ4v) is 3.25. The Kier molecular flexibility index (Phi) is 6.99. The minimum Gasteiger partial charge on any atom is -0.465 e. The van der Waals surface area contributed by atoms with Crippen molar-refractivity contribution in [1.82, 2.24) is 0 Å². The summed E-state index contributed by atoms with van der Waals surface area (Å²) in [7, 11) is 0. The first-order valence-corrected chi connectivity index (χ1v) is 8.98. The molecule has 0 fully saturated rings. The van der Waals surface area contributed by atoms with E-state index in [-0.39, 0.29) is 5.97 Å². The van der Waals surface area contributed by atoms with Gasteiger partial charge in [0.2, 0.25) is 0 Å². The second-order valence-corrected chi connectivity index (χ2v) is 6.24. The number of para-hydroxylation sites is 1. The second kappa shape index (κ2) is 9.27. The molecule has 0 aliphatic rings. The Balaban J connectivity index is 1.96. The highest BCUT2D eigenvalue weighted by Crippen LogP contribution is 2.15. The number of hydrogen-bond acceptors (Lipinski definition) is 6. The van der Waals surface area contributed by atoms with E-state index in [9.17, 15) is 4.79 Å². The molecule has 2 rings (SSSR count). The Morgan fingerprint density at radius 1 is 1.23 bits per heavy atom. The summed E-state index contributed by atoms with van der Waals surface area (Å²) in [5.74, 6) is 0.803. The number of esters is 1. The third kappa shape index (κ3) is 5.54. The van der Waals surface area contributed by atoms with Crippen LogP contribution in [0.5, 0.6) is 0 Å². The van der Waals surface area contributed by atoms with E-state index in [1.165, 1.54) is 11.8 Å². The van der Waals surface area contributed by atoms with Gasteiger partial charge in [-0.3, -0.25) is 10.2 Å².